The van der Waals surface area contributed by atoms with Crippen molar-refractivity contribution in [3.05, 3.63) is 28.8 Å². The predicted molar refractivity (Wildman–Crippen MR) is 58.5 cm³/mol. The van der Waals surface area contributed by atoms with Crippen molar-refractivity contribution in [3.63, 3.8) is 0 Å². The molecule has 0 amide bonds. The van der Waals surface area contributed by atoms with E-state index in [-0.39, 0.29) is 17.6 Å². The standard InChI is InChI=1S/C8H8ClF2N5/c9-4-1-3(2-5(10)6(4)11)15-8(14)16-7(12)13/h1-2H,(H6,12,13,14,15,16). The van der Waals surface area contributed by atoms with Gasteiger partial charge in [-0.25, -0.2) is 13.8 Å². The number of rotatable bonds is 1. The van der Waals surface area contributed by atoms with Crippen molar-refractivity contribution in [3.8, 4) is 0 Å². The zero-order chi connectivity index (χ0) is 12.3. The Kier molecular flexibility index (Phi) is 3.62. The van der Waals surface area contributed by atoms with Crippen molar-refractivity contribution in [1.29, 1.82) is 0 Å². The van der Waals surface area contributed by atoms with Crippen molar-refractivity contribution >= 4 is 29.2 Å². The molecule has 0 saturated heterocycles. The fourth-order valence-corrected chi connectivity index (χ4v) is 1.10. The fourth-order valence-electron chi connectivity index (χ4n) is 0.896. The van der Waals surface area contributed by atoms with Gasteiger partial charge in [0, 0.05) is 6.07 Å². The fraction of sp³-hybridized carbons (Fsp3) is 0. The molecule has 0 fully saturated rings. The Morgan fingerprint density at radius 2 is 1.81 bits per heavy atom. The van der Waals surface area contributed by atoms with Crippen molar-refractivity contribution < 1.29 is 8.78 Å². The number of guanidine groups is 2. The summed E-state index contributed by atoms with van der Waals surface area (Å²) in [6, 6.07) is 1.91. The van der Waals surface area contributed by atoms with Crippen LogP contribution in [-0.4, -0.2) is 11.9 Å². The van der Waals surface area contributed by atoms with Crippen LogP contribution >= 0.6 is 11.6 Å². The molecule has 6 N–H and O–H groups in total. The lowest BCUT2D eigenvalue weighted by atomic mass is 10.3. The number of halogens is 3. The van der Waals surface area contributed by atoms with E-state index in [0.29, 0.717) is 0 Å². The van der Waals surface area contributed by atoms with Gasteiger partial charge in [-0.15, -0.1) is 0 Å². The van der Waals surface area contributed by atoms with Gasteiger partial charge in [0.1, 0.15) is 0 Å². The van der Waals surface area contributed by atoms with E-state index in [0.717, 1.165) is 12.1 Å². The van der Waals surface area contributed by atoms with Crippen molar-refractivity contribution in [1.82, 2.24) is 0 Å². The largest absolute Gasteiger partial charge is 0.370 e. The molecule has 8 heteroatoms. The van der Waals surface area contributed by atoms with Gasteiger partial charge >= 0.3 is 0 Å². The highest BCUT2D eigenvalue weighted by Crippen LogP contribution is 2.24. The minimum Gasteiger partial charge on any atom is -0.370 e. The first-order valence-electron chi connectivity index (χ1n) is 3.98. The Morgan fingerprint density at radius 3 is 2.31 bits per heavy atom. The zero-order valence-electron chi connectivity index (χ0n) is 7.92. The van der Waals surface area contributed by atoms with Gasteiger partial charge in [-0.1, -0.05) is 11.6 Å². The van der Waals surface area contributed by atoms with Gasteiger partial charge in [-0.3, -0.25) is 0 Å². The molecule has 1 aromatic rings. The second-order valence-corrected chi connectivity index (χ2v) is 3.14. The van der Waals surface area contributed by atoms with Gasteiger partial charge < -0.3 is 17.2 Å². The summed E-state index contributed by atoms with van der Waals surface area (Å²) in [7, 11) is 0. The van der Waals surface area contributed by atoms with Crippen LogP contribution in [0.2, 0.25) is 5.02 Å². The Labute approximate surface area is 94.6 Å². The first-order valence-corrected chi connectivity index (χ1v) is 4.36. The van der Waals surface area contributed by atoms with E-state index in [1.807, 2.05) is 0 Å². The van der Waals surface area contributed by atoms with Crippen molar-refractivity contribution in [2.75, 3.05) is 0 Å². The molecule has 86 valence electrons. The van der Waals surface area contributed by atoms with Gasteiger partial charge in [-0.05, 0) is 6.07 Å². The molecule has 1 aromatic carbocycles. The molecule has 1 rings (SSSR count). The molecule has 5 nitrogen and oxygen atoms in total. The molecular weight excluding hydrogens is 240 g/mol. The summed E-state index contributed by atoms with van der Waals surface area (Å²) in [6.07, 6.45) is 0. The Morgan fingerprint density at radius 1 is 1.19 bits per heavy atom. The van der Waals surface area contributed by atoms with E-state index in [9.17, 15) is 8.78 Å². The second-order valence-electron chi connectivity index (χ2n) is 2.73. The van der Waals surface area contributed by atoms with Crippen molar-refractivity contribution in [2.45, 2.75) is 0 Å². The SMILES string of the molecule is NC(N)=NC(N)=Nc1cc(F)c(F)c(Cl)c1. The van der Waals surface area contributed by atoms with Crippen LogP contribution in [0.25, 0.3) is 0 Å². The van der Waals surface area contributed by atoms with E-state index < -0.39 is 16.7 Å². The number of aliphatic imine (C=N–C) groups is 2. The molecule has 0 heterocycles. The van der Waals surface area contributed by atoms with Crippen LogP contribution in [0, 0.1) is 11.6 Å². The average molecular weight is 248 g/mol. The van der Waals surface area contributed by atoms with Gasteiger partial charge in [0.05, 0.1) is 10.7 Å². The number of benzene rings is 1. The molecule has 0 bridgehead atoms. The first-order chi connectivity index (χ1) is 7.40. The molecule has 0 saturated carbocycles. The summed E-state index contributed by atoms with van der Waals surface area (Å²) in [5.74, 6) is -2.87. The molecule has 0 unspecified atom stereocenters. The molecule has 0 aliphatic rings. The van der Waals surface area contributed by atoms with E-state index in [4.69, 9.17) is 28.8 Å². The molecule has 0 aliphatic heterocycles. The summed E-state index contributed by atoms with van der Waals surface area (Å²) in [5, 5.41) is -0.406. The highest BCUT2D eigenvalue weighted by atomic mass is 35.5. The Bertz CT molecular complexity index is 444. The molecule has 0 spiro atoms. The predicted octanol–water partition coefficient (Wildman–Crippen LogP) is 0.838. The number of nitrogens with zero attached hydrogens (tertiary/aromatic N) is 2. The lowest BCUT2D eigenvalue weighted by molar-refractivity contribution is 0.509. The van der Waals surface area contributed by atoms with Crippen LogP contribution in [0.3, 0.4) is 0 Å². The van der Waals surface area contributed by atoms with Gasteiger partial charge in [0.25, 0.3) is 0 Å². The molecule has 0 radical (unpaired) electrons. The molecular formula is C8H8ClF2N5. The quantitative estimate of drug-likeness (QED) is 0.389. The number of nitrogens with two attached hydrogens (primary N) is 3. The summed E-state index contributed by atoms with van der Waals surface area (Å²) < 4.78 is 25.7. The highest BCUT2D eigenvalue weighted by Gasteiger charge is 2.08. The van der Waals surface area contributed by atoms with E-state index in [1.54, 1.807) is 0 Å². The van der Waals surface area contributed by atoms with Crippen molar-refractivity contribution in [2.24, 2.45) is 27.2 Å². The summed E-state index contributed by atoms with van der Waals surface area (Å²) in [5.41, 5.74) is 15.4. The van der Waals surface area contributed by atoms with Crippen LogP contribution in [0.4, 0.5) is 14.5 Å². The number of hydrogen-bond acceptors (Lipinski definition) is 1. The third-order valence-corrected chi connectivity index (χ3v) is 1.73. The third-order valence-electron chi connectivity index (χ3n) is 1.46. The van der Waals surface area contributed by atoms with E-state index in [2.05, 4.69) is 9.98 Å². The number of hydrogen-bond donors (Lipinski definition) is 3. The van der Waals surface area contributed by atoms with Crippen LogP contribution in [0.1, 0.15) is 0 Å². The average Bonchev–Trinajstić information content (AvgIpc) is 2.12. The van der Waals surface area contributed by atoms with Gasteiger partial charge in [0.15, 0.2) is 17.6 Å². The molecule has 16 heavy (non-hydrogen) atoms. The molecule has 0 atom stereocenters. The minimum absolute atomic E-state index is 0.00593. The van der Waals surface area contributed by atoms with Crippen LogP contribution < -0.4 is 17.2 Å². The minimum atomic E-state index is -1.15. The Balaban J connectivity index is 3.12. The summed E-state index contributed by atoms with van der Waals surface area (Å²) in [6.45, 7) is 0. The maximum Gasteiger partial charge on any atom is 0.223 e. The first kappa shape index (κ1) is 12.2. The normalized spacial score (nSPS) is 11.3. The Hall–Kier alpha value is -1.89. The van der Waals surface area contributed by atoms with Crippen LogP contribution in [0.5, 0.6) is 0 Å². The maximum absolute atomic E-state index is 12.9. The van der Waals surface area contributed by atoms with E-state index in [1.165, 1.54) is 0 Å². The van der Waals surface area contributed by atoms with Gasteiger partial charge in [-0.2, -0.15) is 4.99 Å². The topological polar surface area (TPSA) is 103 Å². The monoisotopic (exact) mass is 247 g/mol. The maximum atomic E-state index is 12.9. The highest BCUT2D eigenvalue weighted by molar-refractivity contribution is 6.31. The van der Waals surface area contributed by atoms with E-state index >= 15 is 0 Å². The van der Waals surface area contributed by atoms with Crippen LogP contribution in [0.15, 0.2) is 22.1 Å². The van der Waals surface area contributed by atoms with Crippen LogP contribution in [-0.2, 0) is 0 Å². The zero-order valence-corrected chi connectivity index (χ0v) is 8.67. The molecule has 0 aliphatic carbocycles. The van der Waals surface area contributed by atoms with Gasteiger partial charge in [0.2, 0.25) is 5.96 Å². The molecule has 0 aromatic heterocycles. The lowest BCUT2D eigenvalue weighted by Gasteiger charge is -1.99. The third kappa shape index (κ3) is 3.06. The second kappa shape index (κ2) is 4.75. The lowest BCUT2D eigenvalue weighted by Crippen LogP contribution is -2.26. The summed E-state index contributed by atoms with van der Waals surface area (Å²) >= 11 is 5.40. The summed E-state index contributed by atoms with van der Waals surface area (Å²) in [4.78, 5) is 7.01. The smallest absolute Gasteiger partial charge is 0.223 e.